The molecule has 4 N–H and O–H groups in total. The number of nitrogens with one attached hydrogen (secondary N) is 1. The summed E-state index contributed by atoms with van der Waals surface area (Å²) < 4.78 is 0. The van der Waals surface area contributed by atoms with E-state index in [1.807, 2.05) is 0 Å². The normalized spacial score (nSPS) is 10.1. The Balaban J connectivity index is 2.17. The maximum absolute atomic E-state index is 12.1. The number of benzene rings is 2. The Hall–Kier alpha value is -2.82. The summed E-state index contributed by atoms with van der Waals surface area (Å²) in [5.74, 6) is -0.684. The van der Waals surface area contributed by atoms with Crippen molar-refractivity contribution in [3.05, 3.63) is 59.2 Å². The minimum absolute atomic E-state index is 0.116. The van der Waals surface area contributed by atoms with Crippen molar-refractivity contribution >= 4 is 17.5 Å². The second-order valence-electron chi connectivity index (χ2n) is 4.39. The van der Waals surface area contributed by atoms with Crippen molar-refractivity contribution in [2.75, 3.05) is 5.32 Å². The predicted molar refractivity (Wildman–Crippen MR) is 75.8 cm³/mol. The molecule has 0 fully saturated rings. The van der Waals surface area contributed by atoms with Crippen LogP contribution in [0.1, 0.15) is 26.3 Å². The molecule has 0 spiro atoms. The molecule has 5 nitrogen and oxygen atoms in total. The van der Waals surface area contributed by atoms with Crippen molar-refractivity contribution in [1.82, 2.24) is 0 Å². The largest absolute Gasteiger partial charge is 0.508 e. The number of hydrogen-bond donors (Lipinski definition) is 3. The fraction of sp³-hybridized carbons (Fsp3) is 0.0667. The Morgan fingerprint density at radius 2 is 1.75 bits per heavy atom. The number of carbonyl (C=O) groups is 2. The van der Waals surface area contributed by atoms with Gasteiger partial charge in [0.1, 0.15) is 5.75 Å². The molecule has 0 aliphatic carbocycles. The topological polar surface area (TPSA) is 92.4 Å². The second kappa shape index (κ2) is 5.44. The van der Waals surface area contributed by atoms with Crippen LogP contribution in [0.4, 0.5) is 5.69 Å². The van der Waals surface area contributed by atoms with Gasteiger partial charge in [-0.15, -0.1) is 0 Å². The molecule has 2 aromatic rings. The molecule has 0 atom stereocenters. The van der Waals surface area contributed by atoms with Gasteiger partial charge in [-0.2, -0.15) is 0 Å². The fourth-order valence-electron chi connectivity index (χ4n) is 1.82. The SMILES string of the molecule is Cc1cc(O)ccc1C(=O)Nc1ccc(C(N)=O)cc1. The molecule has 0 saturated carbocycles. The van der Waals surface area contributed by atoms with Crippen LogP contribution in [0.25, 0.3) is 0 Å². The van der Waals surface area contributed by atoms with Gasteiger partial charge in [0.15, 0.2) is 0 Å². The molecule has 102 valence electrons. The summed E-state index contributed by atoms with van der Waals surface area (Å²) in [6.45, 7) is 1.74. The lowest BCUT2D eigenvalue weighted by Crippen LogP contribution is -2.14. The van der Waals surface area contributed by atoms with Crippen LogP contribution in [0.2, 0.25) is 0 Å². The third-order valence-corrected chi connectivity index (χ3v) is 2.88. The van der Waals surface area contributed by atoms with Gasteiger partial charge in [-0.3, -0.25) is 9.59 Å². The first kappa shape index (κ1) is 13.6. The smallest absolute Gasteiger partial charge is 0.255 e. The van der Waals surface area contributed by atoms with Crippen LogP contribution in [0, 0.1) is 6.92 Å². The van der Waals surface area contributed by atoms with Crippen LogP contribution in [0.5, 0.6) is 5.75 Å². The number of hydrogen-bond acceptors (Lipinski definition) is 3. The number of nitrogens with two attached hydrogens (primary N) is 1. The zero-order chi connectivity index (χ0) is 14.7. The van der Waals surface area contributed by atoms with Crippen LogP contribution in [-0.4, -0.2) is 16.9 Å². The highest BCUT2D eigenvalue weighted by Gasteiger charge is 2.10. The van der Waals surface area contributed by atoms with Crippen molar-refractivity contribution in [3.63, 3.8) is 0 Å². The van der Waals surface area contributed by atoms with E-state index < -0.39 is 5.91 Å². The highest BCUT2D eigenvalue weighted by Crippen LogP contribution is 2.17. The van der Waals surface area contributed by atoms with E-state index in [2.05, 4.69) is 5.32 Å². The zero-order valence-corrected chi connectivity index (χ0v) is 10.9. The molecule has 20 heavy (non-hydrogen) atoms. The summed E-state index contributed by atoms with van der Waals surface area (Å²) in [5, 5.41) is 12.0. The van der Waals surface area contributed by atoms with Crippen molar-refractivity contribution in [2.24, 2.45) is 5.73 Å². The van der Waals surface area contributed by atoms with Crippen LogP contribution in [0.15, 0.2) is 42.5 Å². The monoisotopic (exact) mass is 270 g/mol. The van der Waals surface area contributed by atoms with E-state index in [1.165, 1.54) is 12.1 Å². The summed E-state index contributed by atoms with van der Waals surface area (Å²) in [4.78, 5) is 23.0. The first-order valence-corrected chi connectivity index (χ1v) is 5.98. The summed E-state index contributed by atoms with van der Waals surface area (Å²) in [7, 11) is 0. The molecular weight excluding hydrogens is 256 g/mol. The molecule has 0 saturated heterocycles. The Morgan fingerprint density at radius 1 is 1.10 bits per heavy atom. The minimum atomic E-state index is -0.516. The van der Waals surface area contributed by atoms with Crippen molar-refractivity contribution in [1.29, 1.82) is 0 Å². The highest BCUT2D eigenvalue weighted by molar-refractivity contribution is 6.05. The Morgan fingerprint density at radius 3 is 2.30 bits per heavy atom. The van der Waals surface area contributed by atoms with Gasteiger partial charge in [0.25, 0.3) is 5.91 Å². The molecule has 0 aliphatic heterocycles. The lowest BCUT2D eigenvalue weighted by atomic mass is 10.1. The highest BCUT2D eigenvalue weighted by atomic mass is 16.3. The fourth-order valence-corrected chi connectivity index (χ4v) is 1.82. The zero-order valence-electron chi connectivity index (χ0n) is 10.9. The van der Waals surface area contributed by atoms with Crippen LogP contribution in [-0.2, 0) is 0 Å². The number of aromatic hydroxyl groups is 1. The summed E-state index contributed by atoms with van der Waals surface area (Å²) in [6, 6.07) is 10.8. The molecule has 2 amide bonds. The molecule has 2 rings (SSSR count). The van der Waals surface area contributed by atoms with E-state index in [-0.39, 0.29) is 11.7 Å². The van der Waals surface area contributed by atoms with Gasteiger partial charge in [0.2, 0.25) is 5.91 Å². The van der Waals surface area contributed by atoms with Crippen LogP contribution in [0.3, 0.4) is 0 Å². The second-order valence-corrected chi connectivity index (χ2v) is 4.39. The number of rotatable bonds is 3. The molecule has 0 heterocycles. The van der Waals surface area contributed by atoms with Gasteiger partial charge in [-0.05, 0) is 55.0 Å². The Labute approximate surface area is 116 Å². The Kier molecular flexibility index (Phi) is 3.70. The quantitative estimate of drug-likeness (QED) is 0.797. The molecule has 0 aromatic heterocycles. The van der Waals surface area contributed by atoms with E-state index in [0.29, 0.717) is 22.4 Å². The van der Waals surface area contributed by atoms with Gasteiger partial charge in [-0.25, -0.2) is 0 Å². The minimum Gasteiger partial charge on any atom is -0.508 e. The Bertz CT molecular complexity index is 663. The standard InChI is InChI=1S/C15H14N2O3/c1-9-8-12(18)6-7-13(9)15(20)17-11-4-2-10(3-5-11)14(16)19/h2-8,18H,1H3,(H2,16,19)(H,17,20). The van der Waals surface area contributed by atoms with Gasteiger partial charge in [0.05, 0.1) is 0 Å². The number of phenols is 1. The number of aryl methyl sites for hydroxylation is 1. The number of carbonyl (C=O) groups excluding carboxylic acids is 2. The molecule has 5 heteroatoms. The van der Waals surface area contributed by atoms with Crippen molar-refractivity contribution < 1.29 is 14.7 Å². The number of primary amides is 1. The summed E-state index contributed by atoms with van der Waals surface area (Å²) >= 11 is 0. The maximum Gasteiger partial charge on any atom is 0.255 e. The molecular formula is C15H14N2O3. The molecule has 2 aromatic carbocycles. The maximum atomic E-state index is 12.1. The van der Waals surface area contributed by atoms with Crippen molar-refractivity contribution in [3.8, 4) is 5.75 Å². The van der Waals surface area contributed by atoms with E-state index >= 15 is 0 Å². The van der Waals surface area contributed by atoms with E-state index in [1.54, 1.807) is 37.3 Å². The van der Waals surface area contributed by atoms with E-state index in [0.717, 1.165) is 0 Å². The molecule has 0 aliphatic rings. The molecule has 0 bridgehead atoms. The van der Waals surface area contributed by atoms with Crippen LogP contribution >= 0.6 is 0 Å². The average molecular weight is 270 g/mol. The van der Waals surface area contributed by atoms with Gasteiger partial charge >= 0.3 is 0 Å². The summed E-state index contributed by atoms with van der Waals surface area (Å²) in [6.07, 6.45) is 0. The third-order valence-electron chi connectivity index (χ3n) is 2.88. The third kappa shape index (κ3) is 2.95. The average Bonchev–Trinajstić information content (AvgIpc) is 2.39. The van der Waals surface area contributed by atoms with E-state index in [4.69, 9.17) is 5.73 Å². The number of amides is 2. The van der Waals surface area contributed by atoms with Gasteiger partial charge in [-0.1, -0.05) is 0 Å². The predicted octanol–water partition coefficient (Wildman–Crippen LogP) is 2.05. The van der Waals surface area contributed by atoms with Crippen molar-refractivity contribution in [2.45, 2.75) is 6.92 Å². The first-order chi connectivity index (χ1) is 9.47. The first-order valence-electron chi connectivity index (χ1n) is 5.98. The molecule has 0 radical (unpaired) electrons. The van der Waals surface area contributed by atoms with Crippen LogP contribution < -0.4 is 11.1 Å². The molecule has 0 unspecified atom stereocenters. The summed E-state index contributed by atoms with van der Waals surface area (Å²) in [5.41, 5.74) is 7.23. The van der Waals surface area contributed by atoms with Gasteiger partial charge in [0, 0.05) is 16.8 Å². The van der Waals surface area contributed by atoms with E-state index in [9.17, 15) is 14.7 Å². The van der Waals surface area contributed by atoms with Gasteiger partial charge < -0.3 is 16.2 Å². The number of anilines is 1. The number of phenolic OH excluding ortho intramolecular Hbond substituents is 1. The lowest BCUT2D eigenvalue weighted by Gasteiger charge is -2.08. The lowest BCUT2D eigenvalue weighted by molar-refractivity contribution is 0.0998.